The van der Waals surface area contributed by atoms with E-state index in [2.05, 4.69) is 0 Å². The van der Waals surface area contributed by atoms with Gasteiger partial charge in [-0.2, -0.15) is 0 Å². The Balaban J connectivity index is 2.22. The van der Waals surface area contributed by atoms with Crippen molar-refractivity contribution < 1.29 is 9.53 Å². The summed E-state index contributed by atoms with van der Waals surface area (Å²) in [4.78, 5) is 11.2. The number of hydrogen-bond donors (Lipinski definition) is 0. The molecular formula is C9H11ClO2. The van der Waals surface area contributed by atoms with Gasteiger partial charge in [0.15, 0.2) is 0 Å². The van der Waals surface area contributed by atoms with Crippen molar-refractivity contribution in [2.45, 2.75) is 31.3 Å². The van der Waals surface area contributed by atoms with Gasteiger partial charge in [-0.3, -0.25) is 0 Å². The van der Waals surface area contributed by atoms with Gasteiger partial charge in [0, 0.05) is 0 Å². The molecule has 0 aromatic heterocycles. The van der Waals surface area contributed by atoms with E-state index < -0.39 is 0 Å². The number of carbonyl (C=O) groups is 1. The van der Waals surface area contributed by atoms with Gasteiger partial charge in [-0.25, -0.2) is 4.79 Å². The average Bonchev–Trinajstić information content (AvgIpc) is 2.60. The first-order valence-corrected chi connectivity index (χ1v) is 4.80. The lowest BCUT2D eigenvalue weighted by Crippen LogP contribution is -2.23. The Labute approximate surface area is 76.5 Å². The predicted molar refractivity (Wildman–Crippen MR) is 46.1 cm³/mol. The lowest BCUT2D eigenvalue weighted by atomic mass is 10.0. The second-order valence-corrected chi connectivity index (χ2v) is 3.73. The third-order valence-electron chi connectivity index (χ3n) is 2.59. The number of esters is 1. The monoisotopic (exact) mass is 186 g/mol. The Kier molecular flexibility index (Phi) is 1.87. The van der Waals surface area contributed by atoms with Crippen LogP contribution in [0.1, 0.15) is 25.7 Å². The van der Waals surface area contributed by atoms with Crippen LogP contribution in [0.4, 0.5) is 0 Å². The Morgan fingerprint density at radius 2 is 2.17 bits per heavy atom. The Hall–Kier alpha value is -0.500. The highest BCUT2D eigenvalue weighted by Gasteiger charge is 2.41. The second-order valence-electron chi connectivity index (χ2n) is 3.46. The fraction of sp³-hybridized carbons (Fsp3) is 0.667. The summed E-state index contributed by atoms with van der Waals surface area (Å²) in [7, 11) is 0. The molecule has 2 rings (SSSR count). The van der Waals surface area contributed by atoms with Gasteiger partial charge in [-0.05, 0) is 31.8 Å². The highest BCUT2D eigenvalue weighted by molar-refractivity contribution is 6.22. The van der Waals surface area contributed by atoms with E-state index in [1.54, 1.807) is 0 Å². The van der Waals surface area contributed by atoms with E-state index >= 15 is 0 Å². The van der Waals surface area contributed by atoms with E-state index in [4.69, 9.17) is 16.3 Å². The summed E-state index contributed by atoms with van der Waals surface area (Å²) >= 11 is 5.60. The van der Waals surface area contributed by atoms with Crippen LogP contribution in [0, 0.1) is 0 Å². The molecule has 1 aliphatic carbocycles. The van der Waals surface area contributed by atoms with Crippen molar-refractivity contribution in [2.75, 3.05) is 5.88 Å². The lowest BCUT2D eigenvalue weighted by molar-refractivity contribution is -0.145. The van der Waals surface area contributed by atoms with Gasteiger partial charge < -0.3 is 4.74 Å². The Morgan fingerprint density at radius 1 is 1.50 bits per heavy atom. The molecule has 0 amide bonds. The number of halogens is 1. The Bertz CT molecular complexity index is 239. The van der Waals surface area contributed by atoms with Crippen LogP contribution < -0.4 is 0 Å². The molecule has 2 aliphatic rings. The second kappa shape index (κ2) is 2.77. The average molecular weight is 187 g/mol. The summed E-state index contributed by atoms with van der Waals surface area (Å²) in [6, 6.07) is 0. The van der Waals surface area contributed by atoms with E-state index in [-0.39, 0.29) is 17.5 Å². The van der Waals surface area contributed by atoms with Gasteiger partial charge in [-0.1, -0.05) is 0 Å². The van der Waals surface area contributed by atoms with Crippen molar-refractivity contribution in [2.24, 2.45) is 0 Å². The molecule has 0 bridgehead atoms. The summed E-state index contributed by atoms with van der Waals surface area (Å²) < 4.78 is 5.30. The highest BCUT2D eigenvalue weighted by Crippen LogP contribution is 2.39. The molecular weight excluding hydrogens is 176 g/mol. The van der Waals surface area contributed by atoms with Gasteiger partial charge in [-0.15, -0.1) is 11.6 Å². The number of ether oxygens (including phenoxy) is 1. The summed E-state index contributed by atoms with van der Waals surface area (Å²) in [6.45, 7) is 0. The maximum absolute atomic E-state index is 11.2. The summed E-state index contributed by atoms with van der Waals surface area (Å²) in [6.07, 6.45) is 6.17. The van der Waals surface area contributed by atoms with Crippen LogP contribution in [0.3, 0.4) is 0 Å². The van der Waals surface area contributed by atoms with Gasteiger partial charge >= 0.3 is 5.97 Å². The van der Waals surface area contributed by atoms with E-state index in [1.807, 2.05) is 6.08 Å². The first kappa shape index (κ1) is 8.11. The molecule has 2 nitrogen and oxygen atoms in total. The van der Waals surface area contributed by atoms with Crippen molar-refractivity contribution in [1.29, 1.82) is 0 Å². The molecule has 3 heteroatoms. The van der Waals surface area contributed by atoms with E-state index in [0.29, 0.717) is 5.57 Å². The molecule has 1 aliphatic heterocycles. The normalized spacial score (nSPS) is 26.1. The van der Waals surface area contributed by atoms with Crippen molar-refractivity contribution in [3.63, 3.8) is 0 Å². The fourth-order valence-electron chi connectivity index (χ4n) is 1.97. The fourth-order valence-corrected chi connectivity index (χ4v) is 2.16. The molecule has 1 saturated carbocycles. The minimum absolute atomic E-state index is 0.216. The standard InChI is InChI=1S/C9H11ClO2/c10-6-7-5-9(12-8(7)11)3-1-2-4-9/h5H,1-4,6H2. The van der Waals surface area contributed by atoms with E-state index in [0.717, 1.165) is 25.7 Å². The molecule has 0 aromatic carbocycles. The molecule has 0 radical (unpaired) electrons. The summed E-state index contributed by atoms with van der Waals surface area (Å²) in [5.74, 6) is 0.0625. The van der Waals surface area contributed by atoms with Crippen molar-refractivity contribution >= 4 is 17.6 Å². The summed E-state index contributed by atoms with van der Waals surface area (Å²) in [5, 5.41) is 0. The minimum atomic E-state index is -0.263. The molecule has 66 valence electrons. The van der Waals surface area contributed by atoms with Gasteiger partial charge in [0.25, 0.3) is 0 Å². The SMILES string of the molecule is O=C1OC2(C=C1CCl)CCCC2. The number of carbonyl (C=O) groups excluding carboxylic acids is 1. The zero-order valence-corrected chi connectivity index (χ0v) is 7.56. The first-order valence-electron chi connectivity index (χ1n) is 4.27. The van der Waals surface area contributed by atoms with E-state index in [1.165, 1.54) is 0 Å². The third-order valence-corrected chi connectivity index (χ3v) is 2.88. The van der Waals surface area contributed by atoms with Crippen LogP contribution in [0.25, 0.3) is 0 Å². The van der Waals surface area contributed by atoms with Crippen molar-refractivity contribution in [3.8, 4) is 0 Å². The van der Waals surface area contributed by atoms with Crippen LogP contribution in [0.2, 0.25) is 0 Å². The van der Waals surface area contributed by atoms with Gasteiger partial charge in [0.2, 0.25) is 0 Å². The van der Waals surface area contributed by atoms with E-state index in [9.17, 15) is 4.79 Å². The zero-order valence-electron chi connectivity index (χ0n) is 6.81. The Morgan fingerprint density at radius 3 is 2.67 bits per heavy atom. The maximum atomic E-state index is 11.2. The van der Waals surface area contributed by atoms with Gasteiger partial charge in [0.05, 0.1) is 11.5 Å². The zero-order chi connectivity index (χ0) is 8.60. The smallest absolute Gasteiger partial charge is 0.335 e. The molecule has 12 heavy (non-hydrogen) atoms. The van der Waals surface area contributed by atoms with Crippen LogP contribution in [-0.2, 0) is 9.53 Å². The first-order chi connectivity index (χ1) is 5.76. The predicted octanol–water partition coefficient (Wildman–Crippen LogP) is 2.02. The highest BCUT2D eigenvalue weighted by atomic mass is 35.5. The quantitative estimate of drug-likeness (QED) is 0.463. The molecule has 1 heterocycles. The maximum Gasteiger partial charge on any atom is 0.335 e. The number of rotatable bonds is 1. The molecule has 0 unspecified atom stereocenters. The molecule has 0 N–H and O–H groups in total. The third kappa shape index (κ3) is 1.14. The molecule has 0 atom stereocenters. The van der Waals surface area contributed by atoms with Crippen molar-refractivity contribution in [3.05, 3.63) is 11.6 Å². The lowest BCUT2D eigenvalue weighted by Gasteiger charge is -2.18. The number of hydrogen-bond acceptors (Lipinski definition) is 2. The van der Waals surface area contributed by atoms with Crippen LogP contribution in [0.5, 0.6) is 0 Å². The summed E-state index contributed by atoms with van der Waals surface area (Å²) in [5.41, 5.74) is 0.375. The van der Waals surface area contributed by atoms with Crippen LogP contribution in [0.15, 0.2) is 11.6 Å². The van der Waals surface area contributed by atoms with Crippen LogP contribution >= 0.6 is 11.6 Å². The van der Waals surface area contributed by atoms with Crippen molar-refractivity contribution in [1.82, 2.24) is 0 Å². The molecule has 1 spiro atoms. The topological polar surface area (TPSA) is 26.3 Å². The largest absolute Gasteiger partial charge is 0.451 e. The molecule has 0 aromatic rings. The number of alkyl halides is 1. The van der Waals surface area contributed by atoms with Gasteiger partial charge in [0.1, 0.15) is 5.60 Å². The molecule has 1 fully saturated rings. The van der Waals surface area contributed by atoms with Crippen LogP contribution in [-0.4, -0.2) is 17.5 Å². The molecule has 0 saturated heterocycles. The minimum Gasteiger partial charge on any atom is -0.451 e.